The van der Waals surface area contributed by atoms with E-state index in [-0.39, 0.29) is 11.0 Å². The molecule has 9 heteroatoms. The van der Waals surface area contributed by atoms with Crippen molar-refractivity contribution in [2.45, 2.75) is 24.0 Å². The molecule has 0 aliphatic rings. The summed E-state index contributed by atoms with van der Waals surface area (Å²) in [6.07, 6.45) is -3.49. The van der Waals surface area contributed by atoms with Crippen LogP contribution in [0.25, 0.3) is 0 Å². The van der Waals surface area contributed by atoms with Crippen LogP contribution in [0.5, 0.6) is 0 Å². The lowest BCUT2D eigenvalue weighted by atomic mass is 10.2. The van der Waals surface area contributed by atoms with Gasteiger partial charge in [-0.3, -0.25) is 4.79 Å². The highest BCUT2D eigenvalue weighted by Crippen LogP contribution is 2.32. The van der Waals surface area contributed by atoms with Crippen LogP contribution in [0.1, 0.15) is 16.8 Å². The molecule has 0 saturated heterocycles. The van der Waals surface area contributed by atoms with Gasteiger partial charge in [0.2, 0.25) is 5.91 Å². The lowest BCUT2D eigenvalue weighted by Crippen LogP contribution is -2.11. The topological polar surface area (TPSA) is 66.9 Å². The molecule has 2 aromatic carbocycles. The summed E-state index contributed by atoms with van der Waals surface area (Å²) in [4.78, 5) is 19.3. The molecule has 0 radical (unpaired) electrons. The molecular weight excluding hydrogens is 425 g/mol. The van der Waals surface area contributed by atoms with E-state index in [1.807, 2.05) is 31.2 Å². The minimum Gasteiger partial charge on any atom is -0.340 e. The number of halogens is 3. The molecule has 1 heterocycles. The maximum Gasteiger partial charge on any atom is 0.433 e. The Morgan fingerprint density at radius 1 is 1.10 bits per heavy atom. The number of alkyl halides is 3. The Hall–Kier alpha value is -3.33. The molecule has 1 aromatic heterocycles. The van der Waals surface area contributed by atoms with Crippen molar-refractivity contribution in [3.05, 3.63) is 84.1 Å². The Morgan fingerprint density at radius 2 is 1.81 bits per heavy atom. The number of hydrogen-bond acceptors (Lipinski definition) is 5. The molecule has 0 aliphatic carbocycles. The van der Waals surface area contributed by atoms with Gasteiger partial charge in [-0.15, -0.1) is 0 Å². The van der Waals surface area contributed by atoms with Gasteiger partial charge in [-0.05, 0) is 36.8 Å². The number of rotatable bonds is 7. The largest absolute Gasteiger partial charge is 0.433 e. The Morgan fingerprint density at radius 3 is 2.48 bits per heavy atom. The fourth-order valence-electron chi connectivity index (χ4n) is 2.55. The molecule has 0 aliphatic heterocycles. The van der Waals surface area contributed by atoms with Gasteiger partial charge in [-0.1, -0.05) is 54.2 Å². The molecule has 0 spiro atoms. The van der Waals surface area contributed by atoms with Gasteiger partial charge in [0.05, 0.1) is 0 Å². The third-order valence-electron chi connectivity index (χ3n) is 4.07. The predicted molar refractivity (Wildman–Crippen MR) is 116 cm³/mol. The standard InChI is InChI=1S/C22H19F3N4OS/c1-3-20(30)27-17-6-4-5-16(11-17)26-19-12-18(22(23,24)25)28-21(29-19)31-13-15-9-7-14(2)8-10-15/h3-12H,1,13H2,2H3,(H,27,30)(H,26,28,29). The molecule has 31 heavy (non-hydrogen) atoms. The second-order valence-electron chi connectivity index (χ2n) is 6.59. The summed E-state index contributed by atoms with van der Waals surface area (Å²) in [5, 5.41) is 5.45. The highest BCUT2D eigenvalue weighted by atomic mass is 32.2. The van der Waals surface area contributed by atoms with Crippen molar-refractivity contribution in [1.29, 1.82) is 0 Å². The first-order valence-corrected chi connectivity index (χ1v) is 10.2. The first-order chi connectivity index (χ1) is 14.7. The van der Waals surface area contributed by atoms with Gasteiger partial charge >= 0.3 is 6.18 Å². The van der Waals surface area contributed by atoms with Gasteiger partial charge in [0, 0.05) is 23.2 Å². The van der Waals surface area contributed by atoms with Gasteiger partial charge in [0.25, 0.3) is 0 Å². The number of aromatic nitrogens is 2. The number of anilines is 3. The van der Waals surface area contributed by atoms with Gasteiger partial charge in [-0.25, -0.2) is 9.97 Å². The monoisotopic (exact) mass is 444 g/mol. The van der Waals surface area contributed by atoms with Crippen molar-refractivity contribution in [1.82, 2.24) is 9.97 Å². The van der Waals surface area contributed by atoms with E-state index in [0.29, 0.717) is 17.1 Å². The van der Waals surface area contributed by atoms with Crippen LogP contribution in [0.2, 0.25) is 0 Å². The fraction of sp³-hybridized carbons (Fsp3) is 0.136. The number of hydrogen-bond donors (Lipinski definition) is 2. The first kappa shape index (κ1) is 22.4. The van der Waals surface area contributed by atoms with Crippen LogP contribution >= 0.6 is 11.8 Å². The summed E-state index contributed by atoms with van der Waals surface area (Å²) in [6, 6.07) is 15.1. The van der Waals surface area contributed by atoms with E-state index >= 15 is 0 Å². The molecule has 0 unspecified atom stereocenters. The van der Waals surface area contributed by atoms with Crippen LogP contribution in [0, 0.1) is 6.92 Å². The summed E-state index contributed by atoms with van der Waals surface area (Å²) in [5.41, 5.74) is 1.95. The van der Waals surface area contributed by atoms with Crippen LogP contribution in [-0.4, -0.2) is 15.9 Å². The van der Waals surface area contributed by atoms with Gasteiger partial charge in [0.1, 0.15) is 5.82 Å². The molecule has 3 rings (SSSR count). The number of amides is 1. The van der Waals surface area contributed by atoms with Gasteiger partial charge in [-0.2, -0.15) is 13.2 Å². The third-order valence-corrected chi connectivity index (χ3v) is 4.99. The van der Waals surface area contributed by atoms with Crippen LogP contribution in [-0.2, 0) is 16.7 Å². The maximum atomic E-state index is 13.4. The summed E-state index contributed by atoms with van der Waals surface area (Å²) in [6.45, 7) is 5.34. The van der Waals surface area contributed by atoms with E-state index in [1.54, 1.807) is 24.3 Å². The second-order valence-corrected chi connectivity index (χ2v) is 7.53. The maximum absolute atomic E-state index is 13.4. The van der Waals surface area contributed by atoms with Gasteiger partial charge in [0.15, 0.2) is 10.9 Å². The first-order valence-electron chi connectivity index (χ1n) is 9.18. The van der Waals surface area contributed by atoms with Crippen molar-refractivity contribution in [3.8, 4) is 0 Å². The zero-order valence-corrected chi connectivity index (χ0v) is 17.3. The zero-order valence-electron chi connectivity index (χ0n) is 16.5. The van der Waals surface area contributed by atoms with E-state index in [4.69, 9.17) is 0 Å². The summed E-state index contributed by atoms with van der Waals surface area (Å²) in [5.74, 6) is 0.0404. The predicted octanol–water partition coefficient (Wildman–Crippen LogP) is 5.96. The summed E-state index contributed by atoms with van der Waals surface area (Å²) in [7, 11) is 0. The quantitative estimate of drug-likeness (QED) is 0.267. The minimum atomic E-state index is -4.61. The highest BCUT2D eigenvalue weighted by Gasteiger charge is 2.33. The van der Waals surface area contributed by atoms with Crippen molar-refractivity contribution in [2.24, 2.45) is 0 Å². The normalized spacial score (nSPS) is 11.1. The van der Waals surface area contributed by atoms with Crippen LogP contribution in [0.15, 0.2) is 72.4 Å². The Kier molecular flexibility index (Phi) is 6.96. The fourth-order valence-corrected chi connectivity index (χ4v) is 3.36. The number of thioether (sulfide) groups is 1. The molecule has 0 saturated carbocycles. The molecular formula is C22H19F3N4OS. The molecule has 0 fully saturated rings. The Bertz CT molecular complexity index is 1080. The highest BCUT2D eigenvalue weighted by molar-refractivity contribution is 7.98. The molecule has 0 atom stereocenters. The molecule has 1 amide bonds. The van der Waals surface area contributed by atoms with Crippen molar-refractivity contribution >= 4 is 34.9 Å². The van der Waals surface area contributed by atoms with Crippen LogP contribution < -0.4 is 10.6 Å². The number of nitrogens with one attached hydrogen (secondary N) is 2. The number of benzene rings is 2. The average Bonchev–Trinajstić information content (AvgIpc) is 2.73. The summed E-state index contributed by atoms with van der Waals surface area (Å²) >= 11 is 1.12. The number of aryl methyl sites for hydroxylation is 1. The molecule has 3 aromatic rings. The molecule has 2 N–H and O–H groups in total. The average molecular weight is 444 g/mol. The molecule has 0 bridgehead atoms. The van der Waals surface area contributed by atoms with E-state index in [9.17, 15) is 18.0 Å². The van der Waals surface area contributed by atoms with Crippen molar-refractivity contribution in [3.63, 3.8) is 0 Å². The van der Waals surface area contributed by atoms with Gasteiger partial charge < -0.3 is 10.6 Å². The number of carbonyl (C=O) groups is 1. The van der Waals surface area contributed by atoms with E-state index in [2.05, 4.69) is 27.2 Å². The van der Waals surface area contributed by atoms with E-state index < -0.39 is 17.8 Å². The Labute approximate surface area is 181 Å². The van der Waals surface area contributed by atoms with E-state index in [0.717, 1.165) is 35.0 Å². The Balaban J connectivity index is 1.83. The zero-order chi connectivity index (χ0) is 22.4. The number of carbonyl (C=O) groups excluding carboxylic acids is 1. The lowest BCUT2D eigenvalue weighted by Gasteiger charge is -2.12. The van der Waals surface area contributed by atoms with E-state index in [1.165, 1.54) is 0 Å². The lowest BCUT2D eigenvalue weighted by molar-refractivity contribution is -0.141. The van der Waals surface area contributed by atoms with Crippen molar-refractivity contribution < 1.29 is 18.0 Å². The van der Waals surface area contributed by atoms with Crippen LogP contribution in [0.3, 0.4) is 0 Å². The van der Waals surface area contributed by atoms with Crippen molar-refractivity contribution in [2.75, 3.05) is 10.6 Å². The molecule has 5 nitrogen and oxygen atoms in total. The van der Waals surface area contributed by atoms with Crippen LogP contribution in [0.4, 0.5) is 30.4 Å². The minimum absolute atomic E-state index is 0.000860. The smallest absolute Gasteiger partial charge is 0.340 e. The SMILES string of the molecule is C=CC(=O)Nc1cccc(Nc2cc(C(F)(F)F)nc(SCc3ccc(C)cc3)n2)c1. The number of nitrogens with zero attached hydrogens (tertiary/aromatic N) is 2. The summed E-state index contributed by atoms with van der Waals surface area (Å²) < 4.78 is 40.1. The molecule has 160 valence electrons. The second kappa shape index (κ2) is 9.65. The third kappa shape index (κ3) is 6.58.